The van der Waals surface area contributed by atoms with Crippen LogP contribution in [0.25, 0.3) is 16.6 Å². The zero-order valence-electron chi connectivity index (χ0n) is 17.6. The number of carbonyl (C=O) groups is 1. The highest BCUT2D eigenvalue weighted by molar-refractivity contribution is 5.94. The molecule has 0 atom stereocenters. The van der Waals surface area contributed by atoms with E-state index in [1.165, 1.54) is 24.4 Å². The van der Waals surface area contributed by atoms with Crippen LogP contribution in [-0.4, -0.2) is 53.9 Å². The first-order chi connectivity index (χ1) is 15.5. The zero-order valence-corrected chi connectivity index (χ0v) is 17.6. The largest absolute Gasteiger partial charge is 0.360 e. The summed E-state index contributed by atoms with van der Waals surface area (Å²) in [6, 6.07) is 12.7. The van der Waals surface area contributed by atoms with Gasteiger partial charge in [-0.1, -0.05) is 6.07 Å². The summed E-state index contributed by atoms with van der Waals surface area (Å²) >= 11 is 0. The summed E-state index contributed by atoms with van der Waals surface area (Å²) in [4.78, 5) is 31.7. The maximum atomic E-state index is 14.1. The van der Waals surface area contributed by atoms with Crippen molar-refractivity contribution in [1.29, 1.82) is 5.53 Å². The third kappa shape index (κ3) is 4.42. The van der Waals surface area contributed by atoms with Crippen molar-refractivity contribution >= 4 is 28.2 Å². The number of nitrogens with zero attached hydrogens (tertiary/aromatic N) is 3. The van der Waals surface area contributed by atoms with Gasteiger partial charge in [0.05, 0.1) is 11.1 Å². The standard InChI is InChI=1S/C23H23FN6O2/c1-29-9-11-30(12-10-29)23(32)15-5-7-16(8-6-15)26-14-21(28-25)18-13-17-19(24)3-2-4-20(17)27-22(18)31/h2-8,13-14,25-26H,9-12H2,1H3,(H,27,31)/b21-14-,28-25?. The second-order valence-electron chi connectivity index (χ2n) is 7.67. The number of nitrogens with one attached hydrogen (secondary N) is 3. The number of carbonyl (C=O) groups excluding carboxylic acids is 1. The van der Waals surface area contributed by atoms with E-state index in [2.05, 4.69) is 20.3 Å². The topological polar surface area (TPSA) is 105 Å². The third-order valence-electron chi connectivity index (χ3n) is 5.53. The summed E-state index contributed by atoms with van der Waals surface area (Å²) in [6.07, 6.45) is 1.40. The number of likely N-dealkylation sites (N-methyl/N-ethyl adjacent to an activating group) is 1. The van der Waals surface area contributed by atoms with Crippen LogP contribution >= 0.6 is 0 Å². The van der Waals surface area contributed by atoms with Crippen LogP contribution in [0.5, 0.6) is 0 Å². The van der Waals surface area contributed by atoms with E-state index in [-0.39, 0.29) is 22.6 Å². The molecule has 0 aliphatic carbocycles. The van der Waals surface area contributed by atoms with Gasteiger partial charge < -0.3 is 20.1 Å². The van der Waals surface area contributed by atoms with Crippen molar-refractivity contribution in [3.8, 4) is 0 Å². The van der Waals surface area contributed by atoms with Crippen molar-refractivity contribution in [3.63, 3.8) is 0 Å². The molecule has 1 saturated heterocycles. The van der Waals surface area contributed by atoms with E-state index in [4.69, 9.17) is 5.53 Å². The van der Waals surface area contributed by atoms with E-state index in [1.807, 2.05) is 11.9 Å². The van der Waals surface area contributed by atoms with Gasteiger partial charge in [-0.15, -0.1) is 0 Å². The summed E-state index contributed by atoms with van der Waals surface area (Å²) < 4.78 is 14.1. The number of aromatic nitrogens is 1. The van der Waals surface area contributed by atoms with Crippen LogP contribution in [0.1, 0.15) is 15.9 Å². The molecule has 0 bridgehead atoms. The Hall–Kier alpha value is -3.85. The molecular formula is C23H23FN6O2. The molecule has 3 aromatic rings. The van der Waals surface area contributed by atoms with Crippen LogP contribution < -0.4 is 10.9 Å². The van der Waals surface area contributed by atoms with Crippen molar-refractivity contribution in [1.82, 2.24) is 14.8 Å². The Labute approximate surface area is 183 Å². The highest BCUT2D eigenvalue weighted by Gasteiger charge is 2.20. The lowest BCUT2D eigenvalue weighted by Gasteiger charge is -2.32. The lowest BCUT2D eigenvalue weighted by atomic mass is 10.1. The molecule has 32 heavy (non-hydrogen) atoms. The normalized spacial score (nSPS) is 15.1. The summed E-state index contributed by atoms with van der Waals surface area (Å²) in [5.41, 5.74) is 8.73. The first kappa shape index (κ1) is 21.4. The molecule has 0 saturated carbocycles. The monoisotopic (exact) mass is 434 g/mol. The third-order valence-corrected chi connectivity index (χ3v) is 5.53. The molecule has 164 valence electrons. The number of H-pyrrole nitrogens is 1. The van der Waals surface area contributed by atoms with Crippen molar-refractivity contribution in [2.45, 2.75) is 0 Å². The van der Waals surface area contributed by atoms with E-state index >= 15 is 0 Å². The van der Waals surface area contributed by atoms with E-state index in [9.17, 15) is 14.0 Å². The fourth-order valence-corrected chi connectivity index (χ4v) is 3.61. The predicted molar refractivity (Wildman–Crippen MR) is 121 cm³/mol. The molecule has 1 aromatic heterocycles. The highest BCUT2D eigenvalue weighted by Crippen LogP contribution is 2.20. The smallest absolute Gasteiger partial charge is 0.258 e. The number of halogens is 1. The Morgan fingerprint density at radius 3 is 2.56 bits per heavy atom. The molecule has 1 aliphatic rings. The van der Waals surface area contributed by atoms with Gasteiger partial charge in [-0.25, -0.2) is 9.92 Å². The summed E-state index contributed by atoms with van der Waals surface area (Å²) in [6.45, 7) is 3.11. The molecule has 4 rings (SSSR count). The lowest BCUT2D eigenvalue weighted by molar-refractivity contribution is 0.0664. The molecular weight excluding hydrogens is 411 g/mol. The van der Waals surface area contributed by atoms with Crippen molar-refractivity contribution in [2.75, 3.05) is 38.5 Å². The molecule has 1 amide bonds. The van der Waals surface area contributed by atoms with Gasteiger partial charge >= 0.3 is 0 Å². The molecule has 2 heterocycles. The number of anilines is 1. The molecule has 2 aromatic carbocycles. The van der Waals surface area contributed by atoms with Gasteiger partial charge in [-0.05, 0) is 49.5 Å². The Morgan fingerprint density at radius 1 is 1.16 bits per heavy atom. The first-order valence-corrected chi connectivity index (χ1v) is 10.2. The van der Waals surface area contributed by atoms with Crippen molar-refractivity contribution in [2.24, 2.45) is 5.11 Å². The van der Waals surface area contributed by atoms with Gasteiger partial charge in [0.2, 0.25) is 0 Å². The number of amides is 1. The van der Waals surface area contributed by atoms with Gasteiger partial charge in [-0.3, -0.25) is 9.59 Å². The average Bonchev–Trinajstić information content (AvgIpc) is 2.80. The van der Waals surface area contributed by atoms with Crippen LogP contribution in [0, 0.1) is 11.3 Å². The van der Waals surface area contributed by atoms with Crippen LogP contribution in [0.2, 0.25) is 0 Å². The molecule has 9 heteroatoms. The highest BCUT2D eigenvalue weighted by atomic mass is 19.1. The number of aromatic amines is 1. The number of pyridine rings is 1. The van der Waals surface area contributed by atoms with Gasteiger partial charge in [0.1, 0.15) is 11.5 Å². The Bertz CT molecular complexity index is 1240. The van der Waals surface area contributed by atoms with Crippen LogP contribution in [0.3, 0.4) is 0 Å². The number of hydrogen-bond donors (Lipinski definition) is 3. The number of rotatable bonds is 5. The first-order valence-electron chi connectivity index (χ1n) is 10.2. The maximum Gasteiger partial charge on any atom is 0.258 e. The van der Waals surface area contributed by atoms with Crippen LogP contribution in [-0.2, 0) is 0 Å². The average molecular weight is 434 g/mol. The van der Waals surface area contributed by atoms with Gasteiger partial charge in [-0.2, -0.15) is 5.11 Å². The quantitative estimate of drug-likeness (QED) is 0.535. The Morgan fingerprint density at radius 2 is 1.88 bits per heavy atom. The van der Waals surface area contributed by atoms with Crippen molar-refractivity contribution < 1.29 is 9.18 Å². The fourth-order valence-electron chi connectivity index (χ4n) is 3.61. The number of piperazine rings is 1. The minimum absolute atomic E-state index is 0.00763. The zero-order chi connectivity index (χ0) is 22.7. The van der Waals surface area contributed by atoms with E-state index in [1.54, 1.807) is 30.3 Å². The number of fused-ring (bicyclic) bond motifs is 1. The molecule has 3 N–H and O–H groups in total. The van der Waals surface area contributed by atoms with Gasteiger partial charge in [0.25, 0.3) is 11.5 Å². The van der Waals surface area contributed by atoms with Crippen LogP contribution in [0.4, 0.5) is 10.1 Å². The Kier molecular flexibility index (Phi) is 6.09. The van der Waals surface area contributed by atoms with Crippen LogP contribution in [0.15, 0.2) is 64.6 Å². The fraction of sp³-hybridized carbons (Fsp3) is 0.217. The van der Waals surface area contributed by atoms with Gasteiger partial charge in [0.15, 0.2) is 0 Å². The lowest BCUT2D eigenvalue weighted by Crippen LogP contribution is -2.47. The molecule has 0 spiro atoms. The molecule has 1 aliphatic heterocycles. The van der Waals surface area contributed by atoms with Crippen molar-refractivity contribution in [3.05, 3.63) is 82.0 Å². The molecule has 1 fully saturated rings. The summed E-state index contributed by atoms with van der Waals surface area (Å²) in [5, 5.41) is 6.65. The van der Waals surface area contributed by atoms with E-state index < -0.39 is 11.4 Å². The minimum Gasteiger partial charge on any atom is -0.360 e. The maximum absolute atomic E-state index is 14.1. The summed E-state index contributed by atoms with van der Waals surface area (Å²) in [5.74, 6) is -0.482. The van der Waals surface area contributed by atoms with E-state index in [0.717, 1.165) is 13.1 Å². The van der Waals surface area contributed by atoms with E-state index in [0.29, 0.717) is 29.9 Å². The number of hydrogen-bond acceptors (Lipinski definition) is 6. The Balaban J connectivity index is 1.52. The SMILES string of the molecule is CN1CCN(C(=O)c2ccc(N/C=C(\N=N)c3cc4c(F)cccc4[nH]c3=O)cc2)CC1. The molecule has 8 nitrogen and oxygen atoms in total. The second-order valence-corrected chi connectivity index (χ2v) is 7.67. The molecule has 0 radical (unpaired) electrons. The predicted octanol–water partition coefficient (Wildman–Crippen LogP) is 3.50. The van der Waals surface area contributed by atoms with Gasteiger partial charge in [0, 0.05) is 49.0 Å². The number of benzene rings is 2. The summed E-state index contributed by atoms with van der Waals surface area (Å²) in [7, 11) is 2.04. The second kappa shape index (κ2) is 9.11. The minimum atomic E-state index is -0.474. The molecule has 0 unspecified atom stereocenters.